The number of aromatic nitrogens is 1. The molecule has 1 fully saturated rings. The maximum Gasteiger partial charge on any atom is 0.191 e. The van der Waals surface area contributed by atoms with Crippen molar-refractivity contribution in [3.05, 3.63) is 35.9 Å². The van der Waals surface area contributed by atoms with Crippen molar-refractivity contribution in [1.82, 2.24) is 15.6 Å². The molecule has 1 aromatic heterocycles. The Hall–Kier alpha value is -2.38. The zero-order valence-electron chi connectivity index (χ0n) is 17.2. The van der Waals surface area contributed by atoms with Crippen LogP contribution in [0, 0.1) is 0 Å². The Morgan fingerprint density at radius 3 is 2.93 bits per heavy atom. The average Bonchev–Trinajstić information content (AvgIpc) is 3.22. The summed E-state index contributed by atoms with van der Waals surface area (Å²) >= 11 is 0. The van der Waals surface area contributed by atoms with E-state index in [9.17, 15) is 0 Å². The molecule has 152 valence electrons. The van der Waals surface area contributed by atoms with E-state index in [0.717, 1.165) is 35.7 Å². The number of aliphatic imine (C=N–C) groups is 1. The lowest BCUT2D eigenvalue weighted by Crippen LogP contribution is -2.44. The molecule has 7 heteroatoms. The van der Waals surface area contributed by atoms with Crippen LogP contribution in [0.15, 0.2) is 35.3 Å². The second-order valence-electron chi connectivity index (χ2n) is 7.34. The highest BCUT2D eigenvalue weighted by atomic mass is 16.5. The molecule has 0 bridgehead atoms. The van der Waals surface area contributed by atoms with Crippen LogP contribution in [0.4, 0.5) is 5.82 Å². The van der Waals surface area contributed by atoms with Gasteiger partial charge in [-0.25, -0.2) is 4.98 Å². The fourth-order valence-electron chi connectivity index (χ4n) is 3.18. The lowest BCUT2D eigenvalue weighted by Gasteiger charge is -2.20. The van der Waals surface area contributed by atoms with Crippen LogP contribution in [-0.4, -0.2) is 64.1 Å². The number of ether oxygens (including phenoxy) is 2. The van der Waals surface area contributed by atoms with E-state index in [4.69, 9.17) is 14.5 Å². The van der Waals surface area contributed by atoms with Gasteiger partial charge in [-0.3, -0.25) is 4.99 Å². The molecule has 0 saturated carbocycles. The molecule has 28 heavy (non-hydrogen) atoms. The van der Waals surface area contributed by atoms with Crippen molar-refractivity contribution in [2.24, 2.45) is 4.99 Å². The SMILES string of the molecule is CN=C(NCc1cc(N(C)C)nc2ccccc12)NC(C)COC1CCOC1. The highest BCUT2D eigenvalue weighted by Gasteiger charge is 2.17. The van der Waals surface area contributed by atoms with Crippen molar-refractivity contribution in [2.75, 3.05) is 45.9 Å². The second kappa shape index (κ2) is 9.71. The number of hydrogen-bond donors (Lipinski definition) is 2. The number of benzene rings is 1. The Kier molecular flexibility index (Phi) is 7.06. The zero-order chi connectivity index (χ0) is 19.9. The Balaban J connectivity index is 1.61. The monoisotopic (exact) mass is 385 g/mol. The summed E-state index contributed by atoms with van der Waals surface area (Å²) in [4.78, 5) is 11.1. The third-order valence-electron chi connectivity index (χ3n) is 4.77. The molecule has 1 saturated heterocycles. The summed E-state index contributed by atoms with van der Waals surface area (Å²) in [5.41, 5.74) is 2.18. The number of nitrogens with one attached hydrogen (secondary N) is 2. The first kappa shape index (κ1) is 20.4. The Bertz CT molecular complexity index is 802. The summed E-state index contributed by atoms with van der Waals surface area (Å²) in [5, 5.41) is 7.96. The summed E-state index contributed by atoms with van der Waals surface area (Å²) in [5.74, 6) is 1.70. The summed E-state index contributed by atoms with van der Waals surface area (Å²) in [6.07, 6.45) is 1.19. The van der Waals surface area contributed by atoms with Gasteiger partial charge in [-0.15, -0.1) is 0 Å². The van der Waals surface area contributed by atoms with Crippen molar-refractivity contribution < 1.29 is 9.47 Å². The fraction of sp³-hybridized carbons (Fsp3) is 0.524. The summed E-state index contributed by atoms with van der Waals surface area (Å²) in [7, 11) is 5.79. The molecule has 0 spiro atoms. The summed E-state index contributed by atoms with van der Waals surface area (Å²) in [6.45, 7) is 4.87. The average molecular weight is 386 g/mol. The fourth-order valence-corrected chi connectivity index (χ4v) is 3.18. The van der Waals surface area contributed by atoms with Gasteiger partial charge in [0.05, 0.1) is 24.8 Å². The first-order valence-electron chi connectivity index (χ1n) is 9.79. The maximum atomic E-state index is 5.89. The van der Waals surface area contributed by atoms with Gasteiger partial charge >= 0.3 is 0 Å². The molecular weight excluding hydrogens is 354 g/mol. The Morgan fingerprint density at radius 2 is 2.21 bits per heavy atom. The van der Waals surface area contributed by atoms with E-state index < -0.39 is 0 Å². The van der Waals surface area contributed by atoms with Crippen LogP contribution in [0.25, 0.3) is 10.9 Å². The van der Waals surface area contributed by atoms with Gasteiger partial charge in [0.2, 0.25) is 0 Å². The van der Waals surface area contributed by atoms with Gasteiger partial charge in [-0.05, 0) is 31.0 Å². The van der Waals surface area contributed by atoms with E-state index in [1.165, 1.54) is 5.56 Å². The maximum absolute atomic E-state index is 5.89. The van der Waals surface area contributed by atoms with E-state index in [1.807, 2.05) is 37.2 Å². The number of hydrogen-bond acceptors (Lipinski definition) is 5. The molecule has 1 aliphatic heterocycles. The third-order valence-corrected chi connectivity index (χ3v) is 4.77. The molecule has 0 radical (unpaired) electrons. The normalized spacial score (nSPS) is 18.3. The van der Waals surface area contributed by atoms with E-state index in [0.29, 0.717) is 19.8 Å². The van der Waals surface area contributed by atoms with E-state index in [2.05, 4.69) is 34.7 Å². The highest BCUT2D eigenvalue weighted by Crippen LogP contribution is 2.22. The van der Waals surface area contributed by atoms with Gasteiger partial charge in [0.15, 0.2) is 5.96 Å². The number of para-hydroxylation sites is 1. The standard InChI is InChI=1S/C21H31N5O2/c1-15(13-28-17-9-10-27-14-17)24-21(22-2)23-12-16-11-20(26(3)4)25-19-8-6-5-7-18(16)19/h5-8,11,15,17H,9-10,12-14H2,1-4H3,(H2,22,23,24). The van der Waals surface area contributed by atoms with Gasteiger partial charge in [-0.1, -0.05) is 18.2 Å². The molecule has 2 heterocycles. The minimum absolute atomic E-state index is 0.151. The second-order valence-corrected chi connectivity index (χ2v) is 7.34. The highest BCUT2D eigenvalue weighted by molar-refractivity contribution is 5.85. The number of pyridine rings is 1. The van der Waals surface area contributed by atoms with Gasteiger partial charge in [0.1, 0.15) is 5.82 Å². The third kappa shape index (κ3) is 5.33. The molecule has 1 aliphatic rings. The molecule has 0 amide bonds. The van der Waals surface area contributed by atoms with Gasteiger partial charge < -0.3 is 25.0 Å². The van der Waals surface area contributed by atoms with Gasteiger partial charge in [0, 0.05) is 45.7 Å². The lowest BCUT2D eigenvalue weighted by atomic mass is 10.1. The van der Waals surface area contributed by atoms with Gasteiger partial charge in [0.25, 0.3) is 0 Å². The van der Waals surface area contributed by atoms with Crippen LogP contribution in [0.5, 0.6) is 0 Å². The smallest absolute Gasteiger partial charge is 0.191 e. The number of fused-ring (bicyclic) bond motifs is 1. The molecule has 7 nitrogen and oxygen atoms in total. The van der Waals surface area contributed by atoms with Crippen LogP contribution in [0.1, 0.15) is 18.9 Å². The number of anilines is 1. The van der Waals surface area contributed by atoms with Crippen molar-refractivity contribution >= 4 is 22.7 Å². The molecule has 0 aliphatic carbocycles. The van der Waals surface area contributed by atoms with Gasteiger partial charge in [-0.2, -0.15) is 0 Å². The first-order chi connectivity index (χ1) is 13.6. The van der Waals surface area contributed by atoms with Crippen molar-refractivity contribution in [3.8, 4) is 0 Å². The van der Waals surface area contributed by atoms with E-state index >= 15 is 0 Å². The largest absolute Gasteiger partial charge is 0.379 e. The molecular formula is C21H31N5O2. The van der Waals surface area contributed by atoms with Crippen LogP contribution >= 0.6 is 0 Å². The van der Waals surface area contributed by atoms with Crippen LogP contribution in [-0.2, 0) is 16.0 Å². The topological polar surface area (TPSA) is 71.0 Å². The Labute approximate surface area is 167 Å². The molecule has 3 rings (SSSR count). The Morgan fingerprint density at radius 1 is 1.39 bits per heavy atom. The minimum Gasteiger partial charge on any atom is -0.379 e. The quantitative estimate of drug-likeness (QED) is 0.562. The predicted molar refractivity (Wildman–Crippen MR) is 114 cm³/mol. The van der Waals surface area contributed by atoms with Crippen LogP contribution in [0.2, 0.25) is 0 Å². The number of nitrogens with zero attached hydrogens (tertiary/aromatic N) is 3. The number of rotatable bonds is 7. The van der Waals surface area contributed by atoms with E-state index in [1.54, 1.807) is 7.05 Å². The number of guanidine groups is 1. The molecule has 2 N–H and O–H groups in total. The molecule has 1 aromatic carbocycles. The lowest BCUT2D eigenvalue weighted by molar-refractivity contribution is 0.0347. The molecule has 2 unspecified atom stereocenters. The van der Waals surface area contributed by atoms with Crippen LogP contribution in [0.3, 0.4) is 0 Å². The first-order valence-corrected chi connectivity index (χ1v) is 9.79. The van der Waals surface area contributed by atoms with Crippen LogP contribution < -0.4 is 15.5 Å². The summed E-state index contributed by atoms with van der Waals surface area (Å²) < 4.78 is 11.2. The van der Waals surface area contributed by atoms with Crippen molar-refractivity contribution in [3.63, 3.8) is 0 Å². The predicted octanol–water partition coefficient (Wildman–Crippen LogP) is 2.16. The van der Waals surface area contributed by atoms with E-state index in [-0.39, 0.29) is 12.1 Å². The minimum atomic E-state index is 0.151. The van der Waals surface area contributed by atoms with Crippen molar-refractivity contribution in [1.29, 1.82) is 0 Å². The molecule has 2 aromatic rings. The summed E-state index contributed by atoms with van der Waals surface area (Å²) in [6, 6.07) is 10.5. The zero-order valence-corrected chi connectivity index (χ0v) is 17.2. The molecule has 2 atom stereocenters. The van der Waals surface area contributed by atoms with Crippen molar-refractivity contribution in [2.45, 2.75) is 32.0 Å².